The van der Waals surface area contributed by atoms with Gasteiger partial charge in [-0.2, -0.15) is 0 Å². The molecule has 0 aromatic heterocycles. The van der Waals surface area contributed by atoms with Crippen LogP contribution in [0.3, 0.4) is 0 Å². The highest BCUT2D eigenvalue weighted by atomic mass is 16.5. The number of ether oxygens (including phenoxy) is 2. The predicted molar refractivity (Wildman–Crippen MR) is 52.6 cm³/mol. The molecule has 0 spiro atoms. The van der Waals surface area contributed by atoms with E-state index in [0.717, 1.165) is 45.6 Å². The molecule has 0 heterocycles. The fraction of sp³-hybridized carbons (Fsp3) is 1.00. The van der Waals surface area contributed by atoms with Gasteiger partial charge in [0, 0.05) is 6.61 Å². The second-order valence-corrected chi connectivity index (χ2v) is 3.68. The molecule has 0 aromatic rings. The highest BCUT2D eigenvalue weighted by molar-refractivity contribution is 4.80. The van der Waals surface area contributed by atoms with E-state index in [1.807, 2.05) is 0 Å². The maximum absolute atomic E-state index is 5.58. The molecular weight excluding hydrogens is 166 g/mol. The highest BCUT2D eigenvalue weighted by Gasteiger charge is 2.28. The number of hydrogen-bond donors (Lipinski definition) is 1. The van der Waals surface area contributed by atoms with Crippen molar-refractivity contribution in [2.45, 2.75) is 32.3 Å². The fourth-order valence-electron chi connectivity index (χ4n) is 1.52. The largest absolute Gasteiger partial charge is 0.379 e. The zero-order chi connectivity index (χ0) is 9.52. The summed E-state index contributed by atoms with van der Waals surface area (Å²) in [4.78, 5) is 0. The first-order chi connectivity index (χ1) is 6.36. The van der Waals surface area contributed by atoms with Crippen LogP contribution in [0.15, 0.2) is 0 Å². The molecule has 0 radical (unpaired) electrons. The molecule has 2 N–H and O–H groups in total. The third-order valence-corrected chi connectivity index (χ3v) is 2.46. The summed E-state index contributed by atoms with van der Waals surface area (Å²) in [6.45, 7) is 5.24. The van der Waals surface area contributed by atoms with Crippen LogP contribution in [-0.2, 0) is 9.47 Å². The van der Waals surface area contributed by atoms with E-state index in [0.29, 0.717) is 12.0 Å². The second kappa shape index (κ2) is 6.35. The van der Waals surface area contributed by atoms with Crippen LogP contribution in [0, 0.1) is 5.92 Å². The van der Waals surface area contributed by atoms with Crippen molar-refractivity contribution in [2.75, 3.05) is 26.4 Å². The molecule has 78 valence electrons. The maximum atomic E-state index is 5.58. The van der Waals surface area contributed by atoms with Gasteiger partial charge in [-0.15, -0.1) is 0 Å². The summed E-state index contributed by atoms with van der Waals surface area (Å²) in [6.07, 6.45) is 3.83. The predicted octanol–water partition coefficient (Wildman–Crippen LogP) is 1.17. The van der Waals surface area contributed by atoms with Crippen LogP contribution in [0.5, 0.6) is 0 Å². The van der Waals surface area contributed by atoms with Crippen molar-refractivity contribution in [3.05, 3.63) is 0 Å². The first-order valence-electron chi connectivity index (χ1n) is 5.26. The molecule has 1 aliphatic carbocycles. The Labute approximate surface area is 80.6 Å². The molecule has 0 aliphatic heterocycles. The summed E-state index contributed by atoms with van der Waals surface area (Å²) in [5, 5.41) is 0. The lowest BCUT2D eigenvalue weighted by Gasteiger charge is -2.34. The van der Waals surface area contributed by atoms with E-state index >= 15 is 0 Å². The van der Waals surface area contributed by atoms with Gasteiger partial charge in [0.2, 0.25) is 0 Å². The summed E-state index contributed by atoms with van der Waals surface area (Å²) >= 11 is 0. The summed E-state index contributed by atoms with van der Waals surface area (Å²) in [7, 11) is 0. The molecule has 3 heteroatoms. The normalized spacial score (nSPS) is 27.2. The van der Waals surface area contributed by atoms with Gasteiger partial charge in [-0.05, 0) is 31.7 Å². The zero-order valence-electron chi connectivity index (χ0n) is 8.50. The lowest BCUT2D eigenvalue weighted by atomic mass is 9.82. The Kier molecular flexibility index (Phi) is 5.35. The minimum Gasteiger partial charge on any atom is -0.379 e. The van der Waals surface area contributed by atoms with Gasteiger partial charge in [-0.1, -0.05) is 6.92 Å². The van der Waals surface area contributed by atoms with Crippen molar-refractivity contribution in [2.24, 2.45) is 11.7 Å². The summed E-state index contributed by atoms with van der Waals surface area (Å²) in [6, 6.07) is 0. The van der Waals surface area contributed by atoms with Crippen molar-refractivity contribution in [1.82, 2.24) is 0 Å². The van der Waals surface area contributed by atoms with E-state index in [2.05, 4.69) is 6.92 Å². The van der Waals surface area contributed by atoms with Crippen LogP contribution in [0.2, 0.25) is 0 Å². The summed E-state index contributed by atoms with van der Waals surface area (Å²) in [5.41, 5.74) is 5.51. The molecule has 0 unspecified atom stereocenters. The molecule has 3 nitrogen and oxygen atoms in total. The number of hydrogen-bond acceptors (Lipinski definition) is 3. The second-order valence-electron chi connectivity index (χ2n) is 3.68. The maximum Gasteiger partial charge on any atom is 0.0704 e. The van der Waals surface area contributed by atoms with Gasteiger partial charge < -0.3 is 15.2 Å². The average molecular weight is 187 g/mol. The van der Waals surface area contributed by atoms with E-state index in [4.69, 9.17) is 15.2 Å². The standard InChI is InChI=1S/C10H21NO2/c1-2-3-12-4-5-13-10-6-9(7-10)8-11/h9-10H,2-8,11H2,1H3. The quantitative estimate of drug-likeness (QED) is 0.608. The van der Waals surface area contributed by atoms with Crippen molar-refractivity contribution in [1.29, 1.82) is 0 Å². The van der Waals surface area contributed by atoms with E-state index in [1.165, 1.54) is 0 Å². The molecular formula is C10H21NO2. The van der Waals surface area contributed by atoms with Crippen molar-refractivity contribution >= 4 is 0 Å². The fourth-order valence-corrected chi connectivity index (χ4v) is 1.52. The van der Waals surface area contributed by atoms with E-state index in [9.17, 15) is 0 Å². The molecule has 0 saturated heterocycles. The van der Waals surface area contributed by atoms with Gasteiger partial charge in [0.05, 0.1) is 19.3 Å². The van der Waals surface area contributed by atoms with Crippen LogP contribution in [0.4, 0.5) is 0 Å². The van der Waals surface area contributed by atoms with Crippen LogP contribution in [0.25, 0.3) is 0 Å². The average Bonchev–Trinajstić information content (AvgIpc) is 2.08. The third kappa shape index (κ3) is 4.07. The minimum atomic E-state index is 0.457. The molecule has 0 amide bonds. The first kappa shape index (κ1) is 11.0. The van der Waals surface area contributed by atoms with Crippen LogP contribution in [0.1, 0.15) is 26.2 Å². The molecule has 0 bridgehead atoms. The van der Waals surface area contributed by atoms with E-state index < -0.39 is 0 Å². The lowest BCUT2D eigenvalue weighted by molar-refractivity contribution is -0.0505. The molecule has 1 fully saturated rings. The van der Waals surface area contributed by atoms with Gasteiger partial charge in [-0.25, -0.2) is 0 Å². The Balaban J connectivity index is 1.80. The molecule has 1 aliphatic rings. The van der Waals surface area contributed by atoms with E-state index in [-0.39, 0.29) is 0 Å². The molecule has 0 aromatic carbocycles. The Bertz CT molecular complexity index is 124. The van der Waals surface area contributed by atoms with Crippen molar-refractivity contribution in [3.63, 3.8) is 0 Å². The van der Waals surface area contributed by atoms with Crippen molar-refractivity contribution < 1.29 is 9.47 Å². The van der Waals surface area contributed by atoms with Crippen LogP contribution < -0.4 is 5.73 Å². The van der Waals surface area contributed by atoms with Gasteiger partial charge in [-0.3, -0.25) is 0 Å². The first-order valence-corrected chi connectivity index (χ1v) is 5.26. The van der Waals surface area contributed by atoms with Crippen molar-refractivity contribution in [3.8, 4) is 0 Å². The SMILES string of the molecule is CCCOCCOC1CC(CN)C1. The molecule has 1 saturated carbocycles. The Hall–Kier alpha value is -0.120. The van der Waals surface area contributed by atoms with E-state index in [1.54, 1.807) is 0 Å². The zero-order valence-corrected chi connectivity index (χ0v) is 8.50. The van der Waals surface area contributed by atoms with Gasteiger partial charge in [0.15, 0.2) is 0 Å². The molecule has 1 rings (SSSR count). The minimum absolute atomic E-state index is 0.457. The van der Waals surface area contributed by atoms with Gasteiger partial charge in [0.1, 0.15) is 0 Å². The van der Waals surface area contributed by atoms with Gasteiger partial charge in [0.25, 0.3) is 0 Å². The molecule has 13 heavy (non-hydrogen) atoms. The summed E-state index contributed by atoms with van der Waals surface area (Å²) < 4.78 is 10.9. The Morgan fingerprint density at radius 2 is 2.00 bits per heavy atom. The van der Waals surface area contributed by atoms with Gasteiger partial charge >= 0.3 is 0 Å². The third-order valence-electron chi connectivity index (χ3n) is 2.46. The monoisotopic (exact) mass is 187 g/mol. The highest BCUT2D eigenvalue weighted by Crippen LogP contribution is 2.28. The Morgan fingerprint density at radius 1 is 1.23 bits per heavy atom. The van der Waals surface area contributed by atoms with Crippen LogP contribution in [-0.4, -0.2) is 32.5 Å². The number of rotatable bonds is 7. The lowest BCUT2D eigenvalue weighted by Crippen LogP contribution is -2.36. The topological polar surface area (TPSA) is 44.5 Å². The number of nitrogens with two attached hydrogens (primary N) is 1. The summed E-state index contributed by atoms with van der Waals surface area (Å²) in [5.74, 6) is 0.710. The van der Waals surface area contributed by atoms with Crippen LogP contribution >= 0.6 is 0 Å². The Morgan fingerprint density at radius 3 is 2.62 bits per heavy atom. The smallest absolute Gasteiger partial charge is 0.0704 e. The molecule has 0 atom stereocenters.